The number of rotatable bonds is 31. The summed E-state index contributed by atoms with van der Waals surface area (Å²) in [5.41, 5.74) is 0. The van der Waals surface area contributed by atoms with Gasteiger partial charge in [-0.3, -0.25) is 0 Å². The second-order valence-corrected chi connectivity index (χ2v) is 12.9. The molecule has 0 fully saturated rings. The Hall–Kier alpha value is -0.660. The summed E-state index contributed by atoms with van der Waals surface area (Å²) in [5.74, 6) is 0. The van der Waals surface area contributed by atoms with E-state index >= 15 is 0 Å². The largest absolute Gasteiger partial charge is 0.356 e. The fraction of sp³-hybridized carbons (Fsp3) is 0.946. The maximum atomic E-state index is 2.66. The van der Waals surface area contributed by atoms with Crippen molar-refractivity contribution in [1.82, 2.24) is 9.80 Å². The third kappa shape index (κ3) is 21.7. The molecule has 2 heteroatoms. The van der Waals surface area contributed by atoms with Gasteiger partial charge in [0.25, 0.3) is 0 Å². The Kier molecular flexibility index (Phi) is 26.9. The van der Waals surface area contributed by atoms with Crippen molar-refractivity contribution in [2.75, 3.05) is 13.1 Å². The van der Waals surface area contributed by atoms with E-state index in [1.807, 2.05) is 0 Å². The summed E-state index contributed by atoms with van der Waals surface area (Å²) >= 11 is 0. The Bertz CT molecular complexity index is 502. The molecular weight excluding hydrogens is 472 g/mol. The van der Waals surface area contributed by atoms with Gasteiger partial charge in [0.2, 0.25) is 0 Å². The van der Waals surface area contributed by atoms with Gasteiger partial charge in [0.15, 0.2) is 0 Å². The van der Waals surface area contributed by atoms with Crippen molar-refractivity contribution >= 4 is 0 Å². The molecule has 0 amide bonds. The van der Waals surface area contributed by atoms with Gasteiger partial charge in [0.05, 0.1) is 0 Å². The van der Waals surface area contributed by atoms with Crippen molar-refractivity contribution in [3.63, 3.8) is 0 Å². The summed E-state index contributed by atoms with van der Waals surface area (Å²) in [7, 11) is 0. The van der Waals surface area contributed by atoms with Crippen LogP contribution in [0.15, 0.2) is 12.4 Å². The molecule has 0 saturated carbocycles. The first-order valence-electron chi connectivity index (χ1n) is 18.5. The van der Waals surface area contributed by atoms with Crippen LogP contribution in [-0.4, -0.2) is 29.1 Å². The van der Waals surface area contributed by atoms with Crippen LogP contribution in [0.5, 0.6) is 0 Å². The van der Waals surface area contributed by atoms with E-state index in [1.54, 1.807) is 0 Å². The van der Waals surface area contributed by atoms with Crippen molar-refractivity contribution in [2.45, 2.75) is 213 Å². The third-order valence-corrected chi connectivity index (χ3v) is 9.05. The number of nitrogens with zero attached hydrogens (tertiary/aromatic N) is 2. The standard InChI is InChI=1S/C37H74N2/c1-4-7-9-11-13-15-17-18-19-20-21-23-25-27-29-31-34-39-36-35-38(37(39)32-6-3)33-30-28-26-24-22-16-14-12-10-8-5-2/h35-37H,4-34H2,1-3H3. The lowest BCUT2D eigenvalue weighted by molar-refractivity contribution is 0.138. The Balaban J connectivity index is 1.94. The zero-order chi connectivity index (χ0) is 28.1. The molecule has 0 saturated heterocycles. The highest BCUT2D eigenvalue weighted by atomic mass is 15.4. The van der Waals surface area contributed by atoms with Gasteiger partial charge in [-0.05, 0) is 19.3 Å². The van der Waals surface area contributed by atoms with E-state index < -0.39 is 0 Å². The van der Waals surface area contributed by atoms with Gasteiger partial charge in [-0.15, -0.1) is 0 Å². The second-order valence-electron chi connectivity index (χ2n) is 12.9. The molecule has 0 aromatic heterocycles. The minimum Gasteiger partial charge on any atom is -0.356 e. The van der Waals surface area contributed by atoms with Crippen molar-refractivity contribution in [3.8, 4) is 0 Å². The minimum absolute atomic E-state index is 0.634. The second kappa shape index (κ2) is 28.9. The highest BCUT2D eigenvalue weighted by Crippen LogP contribution is 2.22. The van der Waals surface area contributed by atoms with E-state index in [4.69, 9.17) is 0 Å². The van der Waals surface area contributed by atoms with Crippen LogP contribution in [0.25, 0.3) is 0 Å². The first-order chi connectivity index (χ1) is 19.3. The van der Waals surface area contributed by atoms with Crippen molar-refractivity contribution in [3.05, 3.63) is 12.4 Å². The van der Waals surface area contributed by atoms with Crippen LogP contribution in [0.1, 0.15) is 207 Å². The monoisotopic (exact) mass is 547 g/mol. The van der Waals surface area contributed by atoms with Crippen molar-refractivity contribution < 1.29 is 0 Å². The molecule has 1 rings (SSSR count). The van der Waals surface area contributed by atoms with Gasteiger partial charge >= 0.3 is 0 Å². The molecule has 1 unspecified atom stereocenters. The summed E-state index contributed by atoms with van der Waals surface area (Å²) in [4.78, 5) is 5.32. The molecule has 1 atom stereocenters. The molecule has 232 valence electrons. The summed E-state index contributed by atoms with van der Waals surface area (Å²) in [6.07, 6.45) is 47.0. The predicted molar refractivity (Wildman–Crippen MR) is 177 cm³/mol. The highest BCUT2D eigenvalue weighted by Gasteiger charge is 2.24. The first kappa shape index (κ1) is 36.4. The molecule has 0 aromatic carbocycles. The van der Waals surface area contributed by atoms with Crippen LogP contribution in [-0.2, 0) is 0 Å². The van der Waals surface area contributed by atoms with Crippen LogP contribution in [0.2, 0.25) is 0 Å². The van der Waals surface area contributed by atoms with Gasteiger partial charge < -0.3 is 9.80 Å². The smallest absolute Gasteiger partial charge is 0.101 e. The fourth-order valence-corrected chi connectivity index (χ4v) is 6.40. The number of hydrogen-bond acceptors (Lipinski definition) is 2. The van der Waals surface area contributed by atoms with E-state index in [0.29, 0.717) is 6.17 Å². The number of hydrogen-bond donors (Lipinski definition) is 0. The van der Waals surface area contributed by atoms with Crippen molar-refractivity contribution in [1.29, 1.82) is 0 Å². The summed E-state index contributed by atoms with van der Waals surface area (Å²) in [6, 6.07) is 0. The van der Waals surface area contributed by atoms with Crippen LogP contribution in [0, 0.1) is 0 Å². The minimum atomic E-state index is 0.634. The van der Waals surface area contributed by atoms with Crippen LogP contribution < -0.4 is 0 Å². The lowest BCUT2D eigenvalue weighted by Gasteiger charge is -2.33. The molecule has 1 aliphatic rings. The van der Waals surface area contributed by atoms with Gasteiger partial charge in [-0.2, -0.15) is 0 Å². The van der Waals surface area contributed by atoms with Gasteiger partial charge in [0.1, 0.15) is 6.17 Å². The maximum Gasteiger partial charge on any atom is 0.101 e. The topological polar surface area (TPSA) is 6.48 Å². The van der Waals surface area contributed by atoms with Crippen LogP contribution in [0.3, 0.4) is 0 Å². The van der Waals surface area contributed by atoms with Crippen molar-refractivity contribution in [2.24, 2.45) is 0 Å². The van der Waals surface area contributed by atoms with E-state index in [9.17, 15) is 0 Å². The Morgan fingerprint density at radius 3 is 0.846 bits per heavy atom. The molecule has 0 aliphatic carbocycles. The zero-order valence-corrected chi connectivity index (χ0v) is 27.5. The fourth-order valence-electron chi connectivity index (χ4n) is 6.40. The molecule has 39 heavy (non-hydrogen) atoms. The van der Waals surface area contributed by atoms with E-state index in [2.05, 4.69) is 43.0 Å². The highest BCUT2D eigenvalue weighted by molar-refractivity contribution is 4.96. The Labute approximate surface area is 248 Å². The average Bonchev–Trinajstić information content (AvgIpc) is 3.32. The maximum absolute atomic E-state index is 2.66. The van der Waals surface area contributed by atoms with E-state index in [1.165, 1.54) is 199 Å². The SMILES string of the molecule is CCCCCCCCCCCCCCCCCCN1C=CN(CCCCCCCCCCCCC)C1CCC. The van der Waals surface area contributed by atoms with Crippen LogP contribution >= 0.6 is 0 Å². The first-order valence-corrected chi connectivity index (χ1v) is 18.5. The lowest BCUT2D eigenvalue weighted by atomic mass is 10.0. The molecule has 1 aliphatic heterocycles. The zero-order valence-electron chi connectivity index (χ0n) is 27.5. The molecule has 1 heterocycles. The van der Waals surface area contributed by atoms with E-state index in [-0.39, 0.29) is 0 Å². The molecule has 0 aromatic rings. The van der Waals surface area contributed by atoms with Gasteiger partial charge in [-0.1, -0.05) is 188 Å². The summed E-state index contributed by atoms with van der Waals surface area (Å²) in [5, 5.41) is 0. The normalized spacial score (nSPS) is 15.2. The van der Waals surface area contributed by atoms with Crippen LogP contribution in [0.4, 0.5) is 0 Å². The molecule has 0 N–H and O–H groups in total. The van der Waals surface area contributed by atoms with Gasteiger partial charge in [-0.25, -0.2) is 0 Å². The molecule has 0 bridgehead atoms. The average molecular weight is 547 g/mol. The predicted octanol–water partition coefficient (Wildman–Crippen LogP) is 12.8. The number of unbranched alkanes of at least 4 members (excludes halogenated alkanes) is 25. The summed E-state index contributed by atoms with van der Waals surface area (Å²) < 4.78 is 0. The lowest BCUT2D eigenvalue weighted by Crippen LogP contribution is -2.39. The third-order valence-electron chi connectivity index (χ3n) is 9.05. The summed E-state index contributed by atoms with van der Waals surface area (Å²) in [6.45, 7) is 9.48. The Morgan fingerprint density at radius 1 is 0.333 bits per heavy atom. The molecule has 0 spiro atoms. The Morgan fingerprint density at radius 2 is 0.590 bits per heavy atom. The molecule has 2 nitrogen and oxygen atoms in total. The quantitative estimate of drug-likeness (QED) is 0.0798. The molecular formula is C37H74N2. The van der Waals surface area contributed by atoms with Gasteiger partial charge in [0, 0.05) is 25.5 Å². The van der Waals surface area contributed by atoms with E-state index in [0.717, 1.165) is 0 Å². The molecule has 0 radical (unpaired) electrons.